The van der Waals surface area contributed by atoms with Gasteiger partial charge in [-0.3, -0.25) is 28.8 Å². The zero-order valence-corrected chi connectivity index (χ0v) is 47.9. The largest absolute Gasteiger partial charge is 0.356 e. The smallest absolute Gasteiger partial charge is 0.315 e. The Bertz CT molecular complexity index is 2160. The summed E-state index contributed by atoms with van der Waals surface area (Å²) < 4.78 is 0. The minimum Gasteiger partial charge on any atom is -0.356 e. The molecule has 8 rings (SSSR count). The lowest BCUT2D eigenvalue weighted by atomic mass is 9.97. The molecule has 0 aliphatic carbocycles. The highest BCUT2D eigenvalue weighted by molar-refractivity contribution is 8.00. The van der Waals surface area contributed by atoms with E-state index in [1.54, 1.807) is 6.92 Å². The predicted octanol–water partition coefficient (Wildman–Crippen LogP) is 3.84. The van der Waals surface area contributed by atoms with Gasteiger partial charge in [0.15, 0.2) is 0 Å². The van der Waals surface area contributed by atoms with Crippen molar-refractivity contribution in [1.82, 2.24) is 57.5 Å². The number of hydrogen-bond donors (Lipinski definition) is 8. The molecule has 8 N–H and O–H groups in total. The molecular weight excluding hydrogens is 1030 g/mol. The van der Waals surface area contributed by atoms with E-state index in [1.165, 1.54) is 0 Å². The number of unbranched alkanes of at least 4 members (excludes halogenated alkanes) is 6. The van der Waals surface area contributed by atoms with Crippen molar-refractivity contribution in [2.45, 2.75) is 208 Å². The second-order valence-corrected chi connectivity index (χ2v) is 25.5. The molecule has 434 valence electrons. The number of thioether (sulfide) groups is 2. The number of rotatable bonds is 31. The summed E-state index contributed by atoms with van der Waals surface area (Å²) in [5.41, 5.74) is 0. The fraction of sp³-hybridized carbons (Fsp3) is 0.818. The van der Waals surface area contributed by atoms with Gasteiger partial charge in [0.25, 0.3) is 0 Å². The summed E-state index contributed by atoms with van der Waals surface area (Å²) in [6.07, 6.45) is 19.1. The number of fused-ring (bicyclic) bond motifs is 2. The number of ketones is 1. The van der Waals surface area contributed by atoms with Gasteiger partial charge < -0.3 is 57.2 Å². The summed E-state index contributed by atoms with van der Waals surface area (Å²) >= 11 is 3.88. The van der Waals surface area contributed by atoms with Crippen LogP contribution in [-0.2, 0) is 28.8 Å². The van der Waals surface area contributed by atoms with Crippen LogP contribution in [0.25, 0.3) is 0 Å². The van der Waals surface area contributed by atoms with Gasteiger partial charge in [-0.2, -0.15) is 38.5 Å². The van der Waals surface area contributed by atoms with Gasteiger partial charge in [-0.1, -0.05) is 25.7 Å². The van der Waals surface area contributed by atoms with Crippen molar-refractivity contribution in [2.24, 2.45) is 5.92 Å². The number of piperidine rings is 3. The minimum absolute atomic E-state index is 0.0193. The number of hydrogen-bond acceptors (Lipinski definition) is 16. The van der Waals surface area contributed by atoms with Gasteiger partial charge >= 0.3 is 6.03 Å². The first-order valence-electron chi connectivity index (χ1n) is 29.9. The van der Waals surface area contributed by atoms with Crippen LogP contribution in [0.4, 0.5) is 22.6 Å². The molecule has 0 bridgehead atoms. The van der Waals surface area contributed by atoms with Gasteiger partial charge in [-0.25, -0.2) is 4.79 Å². The van der Waals surface area contributed by atoms with Crippen LogP contribution in [0.15, 0.2) is 0 Å². The number of amides is 7. The fourth-order valence-corrected chi connectivity index (χ4v) is 15.5. The van der Waals surface area contributed by atoms with Crippen molar-refractivity contribution in [1.29, 1.82) is 0 Å². The van der Waals surface area contributed by atoms with E-state index in [4.69, 9.17) is 15.0 Å². The Kier molecular flexibility index (Phi) is 23.5. The number of nitrogens with one attached hydrogen (secondary N) is 8. The van der Waals surface area contributed by atoms with E-state index < -0.39 is 0 Å². The molecule has 1 aromatic rings. The lowest BCUT2D eigenvalue weighted by Gasteiger charge is -2.36. The Balaban J connectivity index is 0.676. The molecule has 7 saturated heterocycles. The van der Waals surface area contributed by atoms with E-state index >= 15 is 0 Å². The van der Waals surface area contributed by atoms with Crippen LogP contribution in [0, 0.1) is 5.92 Å². The van der Waals surface area contributed by atoms with E-state index in [-0.39, 0.29) is 65.8 Å². The van der Waals surface area contributed by atoms with Crippen molar-refractivity contribution in [3.05, 3.63) is 0 Å². The predicted molar refractivity (Wildman–Crippen MR) is 307 cm³/mol. The lowest BCUT2D eigenvalue weighted by Crippen LogP contribution is -2.47. The van der Waals surface area contributed by atoms with E-state index in [2.05, 4.69) is 57.2 Å². The molecule has 7 fully saturated rings. The number of nitrogens with zero attached hydrogens (tertiary/aromatic N) is 6. The topological polar surface area (TPSA) is 264 Å². The Morgan fingerprint density at radius 2 is 1.03 bits per heavy atom. The maximum absolute atomic E-state index is 13.0. The lowest BCUT2D eigenvalue weighted by molar-refractivity contribution is -0.122. The Morgan fingerprint density at radius 3 is 1.60 bits per heavy atom. The standard InChI is InChI=1S/C55H90N14O7S2/c1-37(70)58-39-19-28-67(29-20-39)52-64-53(68-30-21-40(22-31-68)59-47(73)16-4-2-10-25-56-27-18-42(71)12-6-7-13-44-50-38(35-77-44)34-49(75)62-50)66-54(65-52)69-32-23-41(24-33-69)60-48(74)17-5-3-11-26-57-46(72)15-9-8-14-45-51-43(36-78-45)61-55(76)63-51/h38-41,43-45,50-51,56H,2-36H2,1H3,(H,57,72)(H,58,70)(H,59,73)(H,60,74)(H,62,75)(H2,61,63,76)/t38?,43?,44?,45-,50?,51?/m0/s1. The molecule has 23 heteroatoms. The van der Waals surface area contributed by atoms with E-state index in [0.717, 1.165) is 147 Å². The van der Waals surface area contributed by atoms with Gasteiger partial charge in [0.2, 0.25) is 47.4 Å². The van der Waals surface area contributed by atoms with Crippen molar-refractivity contribution >= 4 is 82.7 Å². The maximum atomic E-state index is 13.0. The molecule has 7 aliphatic rings. The Morgan fingerprint density at radius 1 is 0.526 bits per heavy atom. The zero-order chi connectivity index (χ0) is 54.6. The molecule has 21 nitrogen and oxygen atoms in total. The van der Waals surface area contributed by atoms with E-state index in [1.807, 2.05) is 23.5 Å². The van der Waals surface area contributed by atoms with Crippen LogP contribution >= 0.6 is 23.5 Å². The number of carbonyl (C=O) groups is 7. The molecule has 6 atom stereocenters. The fourth-order valence-electron chi connectivity index (χ4n) is 12.3. The van der Waals surface area contributed by atoms with Gasteiger partial charge in [-0.15, -0.1) is 0 Å². The molecule has 0 spiro atoms. The van der Waals surface area contributed by atoms with Crippen LogP contribution in [0.3, 0.4) is 0 Å². The molecule has 7 amide bonds. The average molecular weight is 1120 g/mol. The molecule has 8 heterocycles. The Hall–Kier alpha value is -4.64. The van der Waals surface area contributed by atoms with Gasteiger partial charge in [0.1, 0.15) is 5.78 Å². The van der Waals surface area contributed by atoms with Gasteiger partial charge in [0, 0.05) is 138 Å². The van der Waals surface area contributed by atoms with Crippen LogP contribution in [0.2, 0.25) is 0 Å². The second kappa shape index (κ2) is 30.8. The first-order valence-corrected chi connectivity index (χ1v) is 32.0. The maximum Gasteiger partial charge on any atom is 0.315 e. The van der Waals surface area contributed by atoms with Crippen LogP contribution in [-0.4, -0.2) is 173 Å². The van der Waals surface area contributed by atoms with Crippen molar-refractivity contribution in [3.63, 3.8) is 0 Å². The first-order chi connectivity index (χ1) is 37.9. The third-order valence-corrected chi connectivity index (χ3v) is 19.9. The summed E-state index contributed by atoms with van der Waals surface area (Å²) in [4.78, 5) is 108. The SMILES string of the molecule is CC(=O)NC1CCN(c2nc(N3CCC(NC(=O)CCCCCNCCC(=O)CCCCC4SCC5CC(=O)NC54)CC3)nc(N3CCC(NC(=O)CCCCCNC(=O)CCCC[C@@H]4SCC5NC(=O)NC54)CC3)n2)CC1. The first kappa shape index (κ1) is 59.5. The van der Waals surface area contributed by atoms with Crippen LogP contribution in [0.1, 0.15) is 161 Å². The van der Waals surface area contributed by atoms with E-state index in [0.29, 0.717) is 124 Å². The highest BCUT2D eigenvalue weighted by atomic mass is 32.2. The third kappa shape index (κ3) is 18.7. The summed E-state index contributed by atoms with van der Waals surface area (Å²) in [5.74, 6) is 5.13. The van der Waals surface area contributed by atoms with Crippen LogP contribution < -0.4 is 57.2 Å². The van der Waals surface area contributed by atoms with Crippen molar-refractivity contribution < 1.29 is 33.6 Å². The highest BCUT2D eigenvalue weighted by Gasteiger charge is 2.44. The average Bonchev–Trinajstić information content (AvgIpc) is 4.20. The van der Waals surface area contributed by atoms with Gasteiger partial charge in [0.05, 0.1) is 12.1 Å². The monoisotopic (exact) mass is 1120 g/mol. The molecule has 0 radical (unpaired) electrons. The summed E-state index contributed by atoms with van der Waals surface area (Å²) in [6.45, 7) is 7.97. The number of Topliss-reactive ketones (excluding diaryl/α,β-unsaturated/α-hetero) is 1. The number of carbonyl (C=O) groups excluding carboxylic acids is 7. The van der Waals surface area contributed by atoms with Crippen LogP contribution in [0.5, 0.6) is 0 Å². The molecule has 1 aromatic heterocycles. The molecular formula is C55H90N14O7S2. The molecule has 5 unspecified atom stereocenters. The minimum atomic E-state index is -0.0669. The number of aromatic nitrogens is 3. The Labute approximate surface area is 470 Å². The zero-order valence-electron chi connectivity index (χ0n) is 46.3. The van der Waals surface area contributed by atoms with Gasteiger partial charge in [-0.05, 0) is 108 Å². The number of anilines is 3. The highest BCUT2D eigenvalue weighted by Crippen LogP contribution is 2.39. The molecule has 0 aromatic carbocycles. The number of urea groups is 1. The quantitative estimate of drug-likeness (QED) is 0.0388. The summed E-state index contributed by atoms with van der Waals surface area (Å²) in [6, 6.07) is 0.984. The molecule has 0 saturated carbocycles. The summed E-state index contributed by atoms with van der Waals surface area (Å²) in [7, 11) is 0. The van der Waals surface area contributed by atoms with Crippen molar-refractivity contribution in [2.75, 3.05) is 85.1 Å². The second-order valence-electron chi connectivity index (χ2n) is 22.9. The molecule has 7 aliphatic heterocycles. The normalized spacial score (nSPS) is 24.6. The van der Waals surface area contributed by atoms with E-state index in [9.17, 15) is 33.6 Å². The summed E-state index contributed by atoms with van der Waals surface area (Å²) in [5, 5.41) is 26.1. The third-order valence-electron chi connectivity index (χ3n) is 16.8. The van der Waals surface area contributed by atoms with Crippen molar-refractivity contribution in [3.8, 4) is 0 Å². The molecule has 78 heavy (non-hydrogen) atoms.